The lowest BCUT2D eigenvalue weighted by atomic mass is 10.2. The zero-order valence-corrected chi connectivity index (χ0v) is 17.3. The second-order valence-electron chi connectivity index (χ2n) is 6.85. The fraction of sp³-hybridized carbons (Fsp3) is 0.350. The molecule has 1 fully saturated rings. The zero-order valence-electron chi connectivity index (χ0n) is 15.7. The first kappa shape index (κ1) is 20.8. The van der Waals surface area contributed by atoms with E-state index in [4.69, 9.17) is 11.6 Å². The lowest BCUT2D eigenvalue weighted by Crippen LogP contribution is -2.54. The zero-order chi connectivity index (χ0) is 20.1. The van der Waals surface area contributed by atoms with E-state index in [1.54, 1.807) is 24.3 Å². The molecule has 0 aliphatic carbocycles. The van der Waals surface area contributed by atoms with Gasteiger partial charge in [-0.2, -0.15) is 4.31 Å². The van der Waals surface area contributed by atoms with Crippen molar-refractivity contribution in [3.05, 3.63) is 65.2 Å². The second-order valence-corrected chi connectivity index (χ2v) is 9.25. The topological polar surface area (TPSA) is 69.7 Å². The first-order chi connectivity index (χ1) is 13.3. The molecule has 6 nitrogen and oxygen atoms in total. The quantitative estimate of drug-likeness (QED) is 0.778. The minimum Gasteiger partial charge on any atom is -0.325 e. The summed E-state index contributed by atoms with van der Waals surface area (Å²) in [5.41, 5.74) is 1.46. The van der Waals surface area contributed by atoms with Crippen LogP contribution >= 0.6 is 11.6 Å². The van der Waals surface area contributed by atoms with Gasteiger partial charge >= 0.3 is 0 Å². The van der Waals surface area contributed by atoms with Crippen molar-refractivity contribution < 1.29 is 13.2 Å². The predicted octanol–water partition coefficient (Wildman–Crippen LogP) is 2.81. The van der Waals surface area contributed by atoms with Crippen LogP contribution < -0.4 is 5.32 Å². The van der Waals surface area contributed by atoms with E-state index in [2.05, 4.69) is 5.32 Å². The van der Waals surface area contributed by atoms with Crippen molar-refractivity contribution in [2.24, 2.45) is 0 Å². The number of hydrogen-bond donors (Lipinski definition) is 1. The number of amides is 1. The van der Waals surface area contributed by atoms with Crippen LogP contribution in [0.2, 0.25) is 5.02 Å². The summed E-state index contributed by atoms with van der Waals surface area (Å²) >= 11 is 5.86. The van der Waals surface area contributed by atoms with E-state index < -0.39 is 10.0 Å². The van der Waals surface area contributed by atoms with Crippen LogP contribution in [0, 0.1) is 0 Å². The van der Waals surface area contributed by atoms with Crippen LogP contribution in [-0.4, -0.2) is 55.8 Å². The highest BCUT2D eigenvalue weighted by Gasteiger charge is 2.30. The minimum atomic E-state index is -3.36. The van der Waals surface area contributed by atoms with Crippen molar-refractivity contribution in [2.75, 3.05) is 31.5 Å². The molecule has 2 aromatic carbocycles. The summed E-state index contributed by atoms with van der Waals surface area (Å²) in [6, 6.07) is 15.8. The van der Waals surface area contributed by atoms with E-state index in [9.17, 15) is 13.2 Å². The summed E-state index contributed by atoms with van der Waals surface area (Å²) in [4.78, 5) is 14.5. The Morgan fingerprint density at radius 1 is 1.04 bits per heavy atom. The Bertz CT molecular complexity index is 896. The number of benzene rings is 2. The average Bonchev–Trinajstić information content (AvgIpc) is 2.69. The smallest absolute Gasteiger partial charge is 0.241 e. The number of carbonyl (C=O) groups is 1. The van der Waals surface area contributed by atoms with Gasteiger partial charge in [0.15, 0.2) is 0 Å². The summed E-state index contributed by atoms with van der Waals surface area (Å²) in [5.74, 6) is -0.122. The number of piperazine rings is 1. The van der Waals surface area contributed by atoms with Gasteiger partial charge in [0.05, 0.1) is 11.8 Å². The number of carbonyl (C=O) groups excluding carboxylic acids is 1. The molecule has 0 saturated carbocycles. The standard InChI is InChI=1S/C20H24ClN3O3S/c1-16(20(25)22-19-9-7-18(21)8-10-19)23-11-13-24(14-12-23)28(26,27)15-17-5-3-2-4-6-17/h2-10,16H,11-15H2,1H3,(H,22,25)/t16-/m0/s1. The molecule has 8 heteroatoms. The largest absolute Gasteiger partial charge is 0.325 e. The van der Waals surface area contributed by atoms with E-state index in [0.29, 0.717) is 36.9 Å². The van der Waals surface area contributed by atoms with Crippen LogP contribution in [0.15, 0.2) is 54.6 Å². The number of nitrogens with zero attached hydrogens (tertiary/aromatic N) is 2. The minimum absolute atomic E-state index is 0.000443. The predicted molar refractivity (Wildman–Crippen MR) is 112 cm³/mol. The maximum Gasteiger partial charge on any atom is 0.241 e. The van der Waals surface area contributed by atoms with Crippen LogP contribution in [0.4, 0.5) is 5.69 Å². The summed E-state index contributed by atoms with van der Waals surface area (Å²) in [5, 5.41) is 3.48. The molecule has 3 rings (SSSR count). The van der Waals surface area contributed by atoms with Crippen molar-refractivity contribution in [3.63, 3.8) is 0 Å². The van der Waals surface area contributed by atoms with Crippen molar-refractivity contribution in [1.29, 1.82) is 0 Å². The van der Waals surface area contributed by atoms with E-state index in [1.165, 1.54) is 4.31 Å². The number of nitrogens with one attached hydrogen (secondary N) is 1. The Hall–Kier alpha value is -1.93. The fourth-order valence-electron chi connectivity index (χ4n) is 3.19. The van der Waals surface area contributed by atoms with E-state index >= 15 is 0 Å². The van der Waals surface area contributed by atoms with Crippen LogP contribution in [0.5, 0.6) is 0 Å². The highest BCUT2D eigenvalue weighted by molar-refractivity contribution is 7.88. The molecular formula is C20H24ClN3O3S. The molecule has 1 amide bonds. The third-order valence-corrected chi connectivity index (χ3v) is 7.00. The maximum absolute atomic E-state index is 12.7. The average molecular weight is 422 g/mol. The van der Waals surface area contributed by atoms with Crippen LogP contribution in [-0.2, 0) is 20.6 Å². The molecule has 2 aromatic rings. The Morgan fingerprint density at radius 3 is 2.25 bits per heavy atom. The van der Waals surface area contributed by atoms with Crippen LogP contribution in [0.1, 0.15) is 12.5 Å². The first-order valence-corrected chi connectivity index (χ1v) is 11.2. The molecular weight excluding hydrogens is 398 g/mol. The van der Waals surface area contributed by atoms with Gasteiger partial charge in [0.25, 0.3) is 0 Å². The molecule has 0 aromatic heterocycles. The Labute approximate surface area is 171 Å². The molecule has 1 saturated heterocycles. The molecule has 0 unspecified atom stereocenters. The van der Waals surface area contributed by atoms with E-state index in [0.717, 1.165) is 5.56 Å². The fourth-order valence-corrected chi connectivity index (χ4v) is 4.83. The number of halogens is 1. The van der Waals surface area contributed by atoms with Gasteiger partial charge < -0.3 is 5.32 Å². The second kappa shape index (κ2) is 9.05. The van der Waals surface area contributed by atoms with Crippen LogP contribution in [0.3, 0.4) is 0 Å². The lowest BCUT2D eigenvalue weighted by Gasteiger charge is -2.36. The highest BCUT2D eigenvalue weighted by Crippen LogP contribution is 2.17. The molecule has 0 radical (unpaired) electrons. The van der Waals surface area contributed by atoms with Gasteiger partial charge in [0, 0.05) is 36.9 Å². The monoisotopic (exact) mass is 421 g/mol. The number of hydrogen-bond acceptors (Lipinski definition) is 4. The van der Waals surface area contributed by atoms with Gasteiger partial charge in [0.1, 0.15) is 0 Å². The van der Waals surface area contributed by atoms with Gasteiger partial charge in [-0.15, -0.1) is 0 Å². The van der Waals surface area contributed by atoms with Gasteiger partial charge in [-0.1, -0.05) is 41.9 Å². The molecule has 1 atom stereocenters. The van der Waals surface area contributed by atoms with Crippen molar-refractivity contribution in [3.8, 4) is 0 Å². The Morgan fingerprint density at radius 2 is 1.64 bits per heavy atom. The summed E-state index contributed by atoms with van der Waals surface area (Å²) < 4.78 is 26.8. The molecule has 1 heterocycles. The third-order valence-electron chi connectivity index (χ3n) is 4.90. The molecule has 0 bridgehead atoms. The highest BCUT2D eigenvalue weighted by atomic mass is 35.5. The summed E-state index contributed by atoms with van der Waals surface area (Å²) in [6.07, 6.45) is 0. The van der Waals surface area contributed by atoms with Gasteiger partial charge in [-0.05, 0) is 36.8 Å². The molecule has 1 aliphatic rings. The molecule has 28 heavy (non-hydrogen) atoms. The van der Waals surface area contributed by atoms with Gasteiger partial charge in [0.2, 0.25) is 15.9 Å². The van der Waals surface area contributed by atoms with Crippen molar-refractivity contribution >= 4 is 33.2 Å². The third kappa shape index (κ3) is 5.32. The molecule has 1 aliphatic heterocycles. The number of sulfonamides is 1. The Balaban J connectivity index is 1.53. The van der Waals surface area contributed by atoms with E-state index in [-0.39, 0.29) is 17.7 Å². The van der Waals surface area contributed by atoms with Crippen molar-refractivity contribution in [2.45, 2.75) is 18.7 Å². The van der Waals surface area contributed by atoms with Gasteiger partial charge in [-0.3, -0.25) is 9.69 Å². The SMILES string of the molecule is C[C@@H](C(=O)Nc1ccc(Cl)cc1)N1CCN(S(=O)(=O)Cc2ccccc2)CC1. The van der Waals surface area contributed by atoms with E-state index in [1.807, 2.05) is 42.2 Å². The lowest BCUT2D eigenvalue weighted by molar-refractivity contribution is -0.121. The van der Waals surface area contributed by atoms with Crippen LogP contribution in [0.25, 0.3) is 0 Å². The maximum atomic E-state index is 12.7. The number of rotatable bonds is 6. The molecule has 1 N–H and O–H groups in total. The summed E-state index contributed by atoms with van der Waals surface area (Å²) in [7, 11) is -3.36. The molecule has 0 spiro atoms. The normalized spacial score (nSPS) is 17.2. The molecule has 150 valence electrons. The first-order valence-electron chi connectivity index (χ1n) is 9.17. The van der Waals surface area contributed by atoms with Crippen molar-refractivity contribution in [1.82, 2.24) is 9.21 Å². The summed E-state index contributed by atoms with van der Waals surface area (Å²) in [6.45, 7) is 3.63. The Kier molecular flexibility index (Phi) is 6.72. The van der Waals surface area contributed by atoms with Gasteiger partial charge in [-0.25, -0.2) is 8.42 Å². The number of anilines is 1.